The molecule has 1 unspecified atom stereocenters. The third-order valence-corrected chi connectivity index (χ3v) is 3.30. The Morgan fingerprint density at radius 2 is 2.18 bits per heavy atom. The first-order valence-electron chi connectivity index (χ1n) is 6.77. The van der Waals surface area contributed by atoms with Gasteiger partial charge in [-0.15, -0.1) is 10.2 Å². The van der Waals surface area contributed by atoms with Gasteiger partial charge in [-0.1, -0.05) is 12.8 Å². The first-order chi connectivity index (χ1) is 8.36. The highest BCUT2D eigenvalue weighted by Crippen LogP contribution is 2.23. The summed E-state index contributed by atoms with van der Waals surface area (Å²) in [4.78, 5) is 0. The Labute approximate surface area is 103 Å². The van der Waals surface area contributed by atoms with Gasteiger partial charge in [0.2, 0.25) is 5.95 Å². The minimum absolute atomic E-state index is 0.373. The van der Waals surface area contributed by atoms with E-state index in [1.54, 1.807) is 0 Å². The van der Waals surface area contributed by atoms with Crippen LogP contribution in [0.5, 0.6) is 0 Å². The molecule has 1 aliphatic heterocycles. The number of hydrogen-bond donors (Lipinski definition) is 2. The lowest BCUT2D eigenvalue weighted by Gasteiger charge is -2.16. The summed E-state index contributed by atoms with van der Waals surface area (Å²) in [6, 6.07) is 0.373. The molecule has 1 aromatic heterocycles. The molecule has 0 radical (unpaired) electrons. The molecule has 1 aromatic rings. The average molecular weight is 237 g/mol. The Morgan fingerprint density at radius 1 is 1.29 bits per heavy atom. The van der Waals surface area contributed by atoms with Crippen LogP contribution >= 0.6 is 0 Å². The zero-order valence-corrected chi connectivity index (χ0v) is 10.9. The normalized spacial score (nSPS) is 21.2. The minimum atomic E-state index is 0.373. The Morgan fingerprint density at radius 3 is 2.94 bits per heavy atom. The fourth-order valence-corrected chi connectivity index (χ4v) is 2.42. The number of aromatic nitrogens is 3. The minimum Gasteiger partial charge on any atom is -0.355 e. The number of rotatable bonds is 4. The van der Waals surface area contributed by atoms with Crippen molar-refractivity contribution >= 4 is 5.95 Å². The van der Waals surface area contributed by atoms with E-state index in [0.29, 0.717) is 6.04 Å². The molecule has 1 saturated heterocycles. The third kappa shape index (κ3) is 2.77. The van der Waals surface area contributed by atoms with Gasteiger partial charge in [0.05, 0.1) is 6.04 Å². The van der Waals surface area contributed by atoms with Gasteiger partial charge in [0.25, 0.3) is 0 Å². The van der Waals surface area contributed by atoms with Gasteiger partial charge < -0.3 is 10.6 Å². The summed E-state index contributed by atoms with van der Waals surface area (Å²) < 4.78 is 2.19. The Balaban J connectivity index is 2.18. The van der Waals surface area contributed by atoms with Crippen LogP contribution in [0.1, 0.15) is 51.4 Å². The number of nitrogens with one attached hydrogen (secondary N) is 2. The highest BCUT2D eigenvalue weighted by Gasteiger charge is 2.21. The Kier molecular flexibility index (Phi) is 4.36. The van der Waals surface area contributed by atoms with E-state index in [9.17, 15) is 0 Å². The smallest absolute Gasteiger partial charge is 0.224 e. The quantitative estimate of drug-likeness (QED) is 0.840. The molecule has 0 amide bonds. The van der Waals surface area contributed by atoms with Gasteiger partial charge in [0, 0.05) is 13.1 Å². The van der Waals surface area contributed by atoms with Gasteiger partial charge in [0.1, 0.15) is 0 Å². The van der Waals surface area contributed by atoms with Gasteiger partial charge in [-0.05, 0) is 33.2 Å². The molecule has 2 heterocycles. The van der Waals surface area contributed by atoms with Gasteiger partial charge in [-0.3, -0.25) is 4.57 Å². The van der Waals surface area contributed by atoms with Crippen LogP contribution in [0, 0.1) is 0 Å². The van der Waals surface area contributed by atoms with Crippen molar-refractivity contribution in [3.63, 3.8) is 0 Å². The molecule has 2 N–H and O–H groups in total. The van der Waals surface area contributed by atoms with E-state index >= 15 is 0 Å². The van der Waals surface area contributed by atoms with E-state index in [0.717, 1.165) is 31.4 Å². The van der Waals surface area contributed by atoms with Crippen molar-refractivity contribution in [1.29, 1.82) is 0 Å². The van der Waals surface area contributed by atoms with Crippen molar-refractivity contribution in [3.8, 4) is 0 Å². The van der Waals surface area contributed by atoms with Crippen molar-refractivity contribution in [3.05, 3.63) is 5.82 Å². The van der Waals surface area contributed by atoms with E-state index in [4.69, 9.17) is 0 Å². The molecule has 96 valence electrons. The van der Waals surface area contributed by atoms with Crippen LogP contribution in [-0.4, -0.2) is 27.9 Å². The molecule has 0 aromatic carbocycles. The summed E-state index contributed by atoms with van der Waals surface area (Å²) in [7, 11) is 0. The molecule has 0 spiro atoms. The molecule has 1 atom stereocenters. The largest absolute Gasteiger partial charge is 0.355 e. The first-order valence-corrected chi connectivity index (χ1v) is 6.77. The molecular formula is C12H23N5. The standard InChI is InChI=1S/C12H23N5/c1-3-13-12-16-15-11(17(12)4-2)10-8-6-5-7-9-14-10/h10,14H,3-9H2,1-2H3,(H,13,16). The maximum Gasteiger partial charge on any atom is 0.224 e. The highest BCUT2D eigenvalue weighted by atomic mass is 15.4. The molecule has 1 aliphatic rings. The molecule has 5 nitrogen and oxygen atoms in total. The second-order valence-electron chi connectivity index (χ2n) is 4.51. The van der Waals surface area contributed by atoms with Crippen molar-refractivity contribution < 1.29 is 0 Å². The zero-order chi connectivity index (χ0) is 12.1. The fraction of sp³-hybridized carbons (Fsp3) is 0.833. The van der Waals surface area contributed by atoms with E-state index < -0.39 is 0 Å². The second kappa shape index (κ2) is 6.00. The molecule has 0 aliphatic carbocycles. The lowest BCUT2D eigenvalue weighted by molar-refractivity contribution is 0.483. The average Bonchev–Trinajstić information content (AvgIpc) is 2.57. The van der Waals surface area contributed by atoms with E-state index in [1.807, 2.05) is 0 Å². The summed E-state index contributed by atoms with van der Waals surface area (Å²) in [5.74, 6) is 1.99. The molecule has 17 heavy (non-hydrogen) atoms. The van der Waals surface area contributed by atoms with Gasteiger partial charge in [-0.2, -0.15) is 0 Å². The van der Waals surface area contributed by atoms with Crippen LogP contribution in [0.2, 0.25) is 0 Å². The molecular weight excluding hydrogens is 214 g/mol. The molecule has 5 heteroatoms. The van der Waals surface area contributed by atoms with E-state index in [1.165, 1.54) is 25.7 Å². The topological polar surface area (TPSA) is 54.8 Å². The van der Waals surface area contributed by atoms with Crippen LogP contribution < -0.4 is 10.6 Å². The maximum absolute atomic E-state index is 4.36. The van der Waals surface area contributed by atoms with Crippen LogP contribution in [0.25, 0.3) is 0 Å². The lowest BCUT2D eigenvalue weighted by atomic mass is 10.1. The Bertz CT molecular complexity index is 339. The van der Waals surface area contributed by atoms with E-state index in [-0.39, 0.29) is 0 Å². The second-order valence-corrected chi connectivity index (χ2v) is 4.51. The van der Waals surface area contributed by atoms with Crippen LogP contribution in [0.15, 0.2) is 0 Å². The number of nitrogens with zero attached hydrogens (tertiary/aromatic N) is 3. The molecule has 2 rings (SSSR count). The third-order valence-electron chi connectivity index (χ3n) is 3.30. The molecule has 0 bridgehead atoms. The number of anilines is 1. The Hall–Kier alpha value is -1.10. The summed E-state index contributed by atoms with van der Waals surface area (Å²) in [5, 5.41) is 15.4. The number of hydrogen-bond acceptors (Lipinski definition) is 4. The lowest BCUT2D eigenvalue weighted by Crippen LogP contribution is -2.24. The van der Waals surface area contributed by atoms with Crippen LogP contribution in [0.3, 0.4) is 0 Å². The first kappa shape index (κ1) is 12.4. The van der Waals surface area contributed by atoms with Crippen LogP contribution in [0.4, 0.5) is 5.95 Å². The molecule has 0 saturated carbocycles. The predicted molar refractivity (Wildman–Crippen MR) is 69.1 cm³/mol. The predicted octanol–water partition coefficient (Wildman–Crippen LogP) is 1.93. The van der Waals surface area contributed by atoms with Crippen molar-refractivity contribution in [2.45, 2.75) is 52.1 Å². The highest BCUT2D eigenvalue weighted by molar-refractivity contribution is 5.26. The fourth-order valence-electron chi connectivity index (χ4n) is 2.42. The zero-order valence-electron chi connectivity index (χ0n) is 10.9. The summed E-state index contributed by atoms with van der Waals surface area (Å²) >= 11 is 0. The summed E-state index contributed by atoms with van der Waals surface area (Å²) in [6.45, 7) is 7.12. The van der Waals surface area contributed by atoms with Crippen LogP contribution in [-0.2, 0) is 6.54 Å². The van der Waals surface area contributed by atoms with E-state index in [2.05, 4.69) is 39.2 Å². The maximum atomic E-state index is 4.36. The van der Waals surface area contributed by atoms with Gasteiger partial charge in [-0.25, -0.2) is 0 Å². The van der Waals surface area contributed by atoms with Gasteiger partial charge >= 0.3 is 0 Å². The summed E-state index contributed by atoms with van der Waals surface area (Å²) in [5.41, 5.74) is 0. The molecule has 1 fully saturated rings. The van der Waals surface area contributed by atoms with Gasteiger partial charge in [0.15, 0.2) is 5.82 Å². The van der Waals surface area contributed by atoms with Crippen molar-refractivity contribution in [2.24, 2.45) is 0 Å². The summed E-state index contributed by atoms with van der Waals surface area (Å²) in [6.07, 6.45) is 5.05. The van der Waals surface area contributed by atoms with Crippen molar-refractivity contribution in [1.82, 2.24) is 20.1 Å². The SMILES string of the molecule is CCNc1nnc(C2CCCCCN2)n1CC. The van der Waals surface area contributed by atoms with Crippen molar-refractivity contribution in [2.75, 3.05) is 18.4 Å². The monoisotopic (exact) mass is 237 g/mol.